The SMILES string of the molecule is CCn1c(-c2ccccc2-c2cccc(NCC#N)c2)nc(-c2ccccc2)c1-c1ccccc1.CCn1c(-c2ccccc2-c2cccc(NCc3nn[nH]n3)c2)nc(-c2ccccc2)c1-c1ccccc1. The van der Waals surface area contributed by atoms with Crippen LogP contribution >= 0.6 is 0 Å². The summed E-state index contributed by atoms with van der Waals surface area (Å²) in [5.41, 5.74) is 17.2. The highest BCUT2D eigenvalue weighted by molar-refractivity contribution is 5.89. The lowest BCUT2D eigenvalue weighted by molar-refractivity contribution is 0.778. The maximum Gasteiger partial charge on any atom is 0.193 e. The van der Waals surface area contributed by atoms with Crippen molar-refractivity contribution in [3.8, 4) is 96.1 Å². The average Bonchev–Trinajstić information content (AvgIpc) is 4.24. The summed E-state index contributed by atoms with van der Waals surface area (Å²) in [5.74, 6) is 2.50. The number of imidazole rings is 2. The lowest BCUT2D eigenvalue weighted by Gasteiger charge is -2.14. The number of aromatic nitrogens is 8. The Morgan fingerprint density at radius 1 is 0.452 bits per heavy atom. The van der Waals surface area contributed by atoms with Crippen molar-refractivity contribution in [3.63, 3.8) is 0 Å². The van der Waals surface area contributed by atoms with E-state index < -0.39 is 0 Å². The van der Waals surface area contributed by atoms with Crippen molar-refractivity contribution in [1.82, 2.24) is 39.7 Å². The van der Waals surface area contributed by atoms with Crippen LogP contribution in [-0.2, 0) is 19.6 Å². The standard InChI is InChI=1S/C31H27N7.C31H26N4/c1-2-38-30(23-14-7-4-8-15-23)29(22-12-5-3-6-13-22)33-31(38)27-19-10-9-18-26(27)24-16-11-17-25(20-24)32-21-28-34-36-37-35-28;1-2-35-30(24-14-7-4-8-15-24)29(23-12-5-3-6-13-23)34-31(35)28-19-10-9-18-27(28)25-16-11-17-26(22-25)33-21-20-32/h3-20,32H,2,21H2,1H3,(H,34,35,36,37);3-19,22,33H,2,21H2,1H3. The minimum Gasteiger partial charge on any atom is -0.378 e. The van der Waals surface area contributed by atoms with Crippen molar-refractivity contribution in [1.29, 1.82) is 5.26 Å². The first kappa shape index (κ1) is 47.0. The molecule has 8 aromatic carbocycles. The van der Waals surface area contributed by atoms with E-state index in [0.717, 1.165) is 115 Å². The molecule has 11 rings (SSSR count). The molecule has 0 saturated carbocycles. The maximum atomic E-state index is 8.96. The van der Waals surface area contributed by atoms with Crippen molar-refractivity contribution < 1.29 is 0 Å². The summed E-state index contributed by atoms with van der Waals surface area (Å²) in [7, 11) is 0. The Labute approximate surface area is 425 Å². The van der Waals surface area contributed by atoms with E-state index in [1.807, 2.05) is 42.5 Å². The molecule has 0 saturated heterocycles. The number of anilines is 2. The van der Waals surface area contributed by atoms with E-state index in [1.54, 1.807) is 0 Å². The van der Waals surface area contributed by atoms with Gasteiger partial charge < -0.3 is 19.8 Å². The summed E-state index contributed by atoms with van der Waals surface area (Å²) in [4.78, 5) is 10.6. The van der Waals surface area contributed by atoms with Crippen molar-refractivity contribution in [2.75, 3.05) is 17.2 Å². The minimum atomic E-state index is 0.270. The minimum absolute atomic E-state index is 0.270. The molecule has 0 aliphatic carbocycles. The van der Waals surface area contributed by atoms with E-state index in [4.69, 9.17) is 15.2 Å². The number of nitriles is 1. The van der Waals surface area contributed by atoms with Crippen LogP contribution < -0.4 is 10.6 Å². The quantitative estimate of drug-likeness (QED) is 0.0864. The molecule has 73 heavy (non-hydrogen) atoms. The van der Waals surface area contributed by atoms with Gasteiger partial charge in [-0.3, -0.25) is 0 Å². The summed E-state index contributed by atoms with van der Waals surface area (Å²) in [5, 5.41) is 29.7. The fraction of sp³-hybridized carbons (Fsp3) is 0.0968. The molecule has 3 heterocycles. The molecule has 3 N–H and O–H groups in total. The largest absolute Gasteiger partial charge is 0.378 e. The lowest BCUT2D eigenvalue weighted by Crippen LogP contribution is -2.02. The first-order valence-corrected chi connectivity index (χ1v) is 24.5. The predicted octanol–water partition coefficient (Wildman–Crippen LogP) is 14.2. The van der Waals surface area contributed by atoms with Crippen molar-refractivity contribution >= 4 is 11.4 Å². The third kappa shape index (κ3) is 10.3. The topological polar surface area (TPSA) is 138 Å². The van der Waals surface area contributed by atoms with Crippen LogP contribution in [0, 0.1) is 11.3 Å². The van der Waals surface area contributed by atoms with E-state index in [-0.39, 0.29) is 6.54 Å². The van der Waals surface area contributed by atoms with Gasteiger partial charge in [0, 0.05) is 57.8 Å². The predicted molar refractivity (Wildman–Crippen MR) is 295 cm³/mol. The number of nitrogens with one attached hydrogen (secondary N) is 3. The van der Waals surface area contributed by atoms with Gasteiger partial charge in [0.2, 0.25) is 0 Å². The van der Waals surface area contributed by atoms with E-state index >= 15 is 0 Å². The number of benzene rings is 8. The van der Waals surface area contributed by atoms with Crippen LogP contribution in [0.5, 0.6) is 0 Å². The number of rotatable bonds is 15. The fourth-order valence-electron chi connectivity index (χ4n) is 9.34. The zero-order chi connectivity index (χ0) is 49.8. The molecule has 11 heteroatoms. The van der Waals surface area contributed by atoms with Crippen molar-refractivity contribution in [2.24, 2.45) is 0 Å². The molecule has 356 valence electrons. The highest BCUT2D eigenvalue weighted by atomic mass is 15.5. The highest BCUT2D eigenvalue weighted by Crippen LogP contribution is 2.42. The molecule has 0 spiro atoms. The molecular weight excluding hydrogens is 899 g/mol. The van der Waals surface area contributed by atoms with E-state index in [9.17, 15) is 0 Å². The molecule has 0 aliphatic heterocycles. The van der Waals surface area contributed by atoms with Gasteiger partial charge in [0.15, 0.2) is 5.82 Å². The number of hydrogen-bond donors (Lipinski definition) is 3. The smallest absolute Gasteiger partial charge is 0.193 e. The molecule has 0 atom stereocenters. The van der Waals surface area contributed by atoms with Gasteiger partial charge in [0.25, 0.3) is 0 Å². The van der Waals surface area contributed by atoms with Gasteiger partial charge in [0.05, 0.1) is 35.4 Å². The van der Waals surface area contributed by atoms with E-state index in [1.165, 1.54) is 0 Å². The molecule has 0 radical (unpaired) electrons. The average molecular weight is 952 g/mol. The van der Waals surface area contributed by atoms with Crippen LogP contribution in [-0.4, -0.2) is 46.3 Å². The highest BCUT2D eigenvalue weighted by Gasteiger charge is 2.24. The van der Waals surface area contributed by atoms with E-state index in [0.29, 0.717) is 12.4 Å². The van der Waals surface area contributed by atoms with Crippen LogP contribution in [0.4, 0.5) is 11.4 Å². The molecule has 11 nitrogen and oxygen atoms in total. The first-order valence-electron chi connectivity index (χ1n) is 24.5. The van der Waals surface area contributed by atoms with Crippen molar-refractivity contribution in [3.05, 3.63) is 224 Å². The Morgan fingerprint density at radius 3 is 1.26 bits per heavy atom. The molecule has 0 amide bonds. The zero-order valence-corrected chi connectivity index (χ0v) is 40.7. The molecule has 0 aliphatic rings. The van der Waals surface area contributed by atoms with Crippen LogP contribution in [0.25, 0.3) is 90.1 Å². The summed E-state index contributed by atoms with van der Waals surface area (Å²) in [6.07, 6.45) is 0. The fourth-order valence-corrected chi connectivity index (χ4v) is 9.34. The normalized spacial score (nSPS) is 10.8. The van der Waals surface area contributed by atoms with Crippen LogP contribution in [0.15, 0.2) is 218 Å². The second-order valence-electron chi connectivity index (χ2n) is 17.2. The van der Waals surface area contributed by atoms with Gasteiger partial charge in [-0.1, -0.05) is 199 Å². The summed E-state index contributed by atoms with van der Waals surface area (Å²) >= 11 is 0. The molecule has 11 aromatic rings. The van der Waals surface area contributed by atoms with Crippen LogP contribution in [0.3, 0.4) is 0 Å². The Bertz CT molecular complexity index is 3600. The Kier molecular flexibility index (Phi) is 14.4. The maximum absolute atomic E-state index is 8.96. The molecule has 0 unspecified atom stereocenters. The lowest BCUT2D eigenvalue weighted by atomic mass is 9.98. The van der Waals surface area contributed by atoms with Gasteiger partial charge >= 0.3 is 0 Å². The van der Waals surface area contributed by atoms with Crippen molar-refractivity contribution in [2.45, 2.75) is 33.5 Å². The summed E-state index contributed by atoms with van der Waals surface area (Å²) in [6, 6.07) is 77.4. The third-order valence-electron chi connectivity index (χ3n) is 12.7. The second kappa shape index (κ2) is 22.4. The van der Waals surface area contributed by atoms with Gasteiger partial charge in [0.1, 0.15) is 18.2 Å². The number of nitrogens with zero attached hydrogens (tertiary/aromatic N) is 8. The second-order valence-corrected chi connectivity index (χ2v) is 17.2. The van der Waals surface area contributed by atoms with E-state index in [2.05, 4.69) is 236 Å². The van der Waals surface area contributed by atoms with Gasteiger partial charge in [-0.05, 0) is 60.4 Å². The van der Waals surface area contributed by atoms with Gasteiger partial charge in [-0.25, -0.2) is 9.97 Å². The summed E-state index contributed by atoms with van der Waals surface area (Å²) in [6.45, 7) is 6.69. The number of hydrogen-bond acceptors (Lipinski definition) is 8. The third-order valence-corrected chi connectivity index (χ3v) is 12.7. The molecule has 3 aromatic heterocycles. The van der Waals surface area contributed by atoms with Crippen LogP contribution in [0.1, 0.15) is 19.7 Å². The Balaban J connectivity index is 0.000000168. The van der Waals surface area contributed by atoms with Crippen LogP contribution in [0.2, 0.25) is 0 Å². The van der Waals surface area contributed by atoms with Gasteiger partial charge in [-0.15, -0.1) is 10.2 Å². The molecule has 0 fully saturated rings. The number of tetrazole rings is 1. The molecule has 0 bridgehead atoms. The first-order chi connectivity index (χ1) is 36.1. The van der Waals surface area contributed by atoms with Gasteiger partial charge in [-0.2, -0.15) is 10.5 Å². The zero-order valence-electron chi connectivity index (χ0n) is 40.7. The monoisotopic (exact) mass is 951 g/mol. The number of H-pyrrole nitrogens is 1. The Morgan fingerprint density at radius 2 is 0.849 bits per heavy atom. The number of aromatic amines is 1. The molecular formula is C62H53N11. The summed E-state index contributed by atoms with van der Waals surface area (Å²) < 4.78 is 4.64. The Hall–Kier alpha value is -9.66.